The normalized spacial score (nSPS) is 19.1. The Hall–Kier alpha value is -3.55. The van der Waals surface area contributed by atoms with Gasteiger partial charge in [0.25, 0.3) is 11.4 Å². The van der Waals surface area contributed by atoms with E-state index in [9.17, 15) is 42.3 Å². The molecular weight excluding hydrogens is 550 g/mol. The molecule has 16 nitrogen and oxygen atoms in total. The second kappa shape index (κ2) is 10.3. The molecule has 0 saturated carbocycles. The van der Waals surface area contributed by atoms with Crippen LogP contribution in [-0.4, -0.2) is 91.4 Å². The van der Waals surface area contributed by atoms with Crippen molar-refractivity contribution < 1.29 is 41.4 Å². The molecule has 38 heavy (non-hydrogen) atoms. The SMILES string of the molecule is O=[N+]([O-])c1ccc(S(=O)(=O)N2CC(=NO)CN(S(=O)(=O)c3ccc([N+](=O)[O-])cc3)CC3(C2)OCCO3)cc1. The highest BCUT2D eigenvalue weighted by atomic mass is 32.2. The van der Waals surface area contributed by atoms with E-state index >= 15 is 0 Å². The van der Waals surface area contributed by atoms with Crippen LogP contribution in [0.5, 0.6) is 0 Å². The van der Waals surface area contributed by atoms with E-state index in [0.29, 0.717) is 0 Å². The molecule has 2 aliphatic heterocycles. The number of nitro benzene ring substituents is 2. The third-order valence-electron chi connectivity index (χ3n) is 5.88. The number of nitro groups is 2. The summed E-state index contributed by atoms with van der Waals surface area (Å²) >= 11 is 0. The highest BCUT2D eigenvalue weighted by Crippen LogP contribution is 2.31. The molecule has 0 amide bonds. The van der Waals surface area contributed by atoms with Gasteiger partial charge >= 0.3 is 0 Å². The Morgan fingerprint density at radius 3 is 1.45 bits per heavy atom. The third kappa shape index (κ3) is 5.35. The van der Waals surface area contributed by atoms with Crippen LogP contribution in [0.1, 0.15) is 0 Å². The predicted molar refractivity (Wildman–Crippen MR) is 128 cm³/mol. The highest BCUT2D eigenvalue weighted by Gasteiger charge is 2.47. The van der Waals surface area contributed by atoms with E-state index in [-0.39, 0.29) is 40.1 Å². The largest absolute Gasteiger partial charge is 0.411 e. The molecule has 1 spiro atoms. The molecule has 4 rings (SSSR count). The molecule has 2 heterocycles. The Balaban J connectivity index is 1.69. The van der Waals surface area contributed by atoms with E-state index < -0.39 is 61.9 Å². The van der Waals surface area contributed by atoms with Crippen molar-refractivity contribution >= 4 is 37.1 Å². The van der Waals surface area contributed by atoms with Crippen LogP contribution in [0, 0.1) is 20.2 Å². The number of hydrogen-bond acceptors (Lipinski definition) is 12. The average molecular weight is 572 g/mol. The van der Waals surface area contributed by atoms with Crippen LogP contribution < -0.4 is 0 Å². The summed E-state index contributed by atoms with van der Waals surface area (Å²) in [5.74, 6) is -1.73. The minimum absolute atomic E-state index is 0.0395. The number of rotatable bonds is 6. The van der Waals surface area contributed by atoms with Gasteiger partial charge in [0.1, 0.15) is 0 Å². The maximum Gasteiger partial charge on any atom is 0.269 e. The lowest BCUT2D eigenvalue weighted by Crippen LogP contribution is -2.58. The maximum atomic E-state index is 13.4. The van der Waals surface area contributed by atoms with Crippen LogP contribution in [-0.2, 0) is 29.5 Å². The number of benzene rings is 2. The number of oxime groups is 1. The zero-order valence-corrected chi connectivity index (χ0v) is 21.1. The van der Waals surface area contributed by atoms with Gasteiger partial charge in [-0.05, 0) is 24.3 Å². The minimum Gasteiger partial charge on any atom is -0.411 e. The van der Waals surface area contributed by atoms with Gasteiger partial charge in [-0.25, -0.2) is 16.8 Å². The summed E-state index contributed by atoms with van der Waals surface area (Å²) in [5, 5.41) is 34.6. The van der Waals surface area contributed by atoms with E-state index in [2.05, 4.69) is 5.16 Å². The molecule has 1 N–H and O–H groups in total. The molecule has 0 radical (unpaired) electrons. The second-order valence-corrected chi connectivity index (χ2v) is 12.2. The molecule has 18 heteroatoms. The lowest BCUT2D eigenvalue weighted by Gasteiger charge is -2.39. The van der Waals surface area contributed by atoms with E-state index in [1.807, 2.05) is 0 Å². The van der Waals surface area contributed by atoms with Crippen molar-refractivity contribution in [2.45, 2.75) is 15.6 Å². The summed E-state index contributed by atoms with van der Waals surface area (Å²) in [6.07, 6.45) is 0. The molecule has 2 fully saturated rings. The Morgan fingerprint density at radius 1 is 0.763 bits per heavy atom. The Labute approximate surface area is 216 Å². The summed E-state index contributed by atoms with van der Waals surface area (Å²) in [7, 11) is -8.68. The molecule has 2 saturated heterocycles. The lowest BCUT2D eigenvalue weighted by molar-refractivity contribution is -0.385. The first-order valence-corrected chi connectivity index (χ1v) is 13.7. The predicted octanol–water partition coefficient (Wildman–Crippen LogP) is 0.771. The lowest BCUT2D eigenvalue weighted by atomic mass is 10.2. The van der Waals surface area contributed by atoms with Crippen LogP contribution in [0.15, 0.2) is 63.5 Å². The van der Waals surface area contributed by atoms with Gasteiger partial charge in [-0.15, -0.1) is 0 Å². The Morgan fingerprint density at radius 2 is 1.13 bits per heavy atom. The van der Waals surface area contributed by atoms with Gasteiger partial charge in [0, 0.05) is 24.3 Å². The van der Waals surface area contributed by atoms with Crippen LogP contribution in [0.4, 0.5) is 11.4 Å². The zero-order valence-electron chi connectivity index (χ0n) is 19.4. The van der Waals surface area contributed by atoms with Crippen molar-refractivity contribution in [1.82, 2.24) is 8.61 Å². The summed E-state index contributed by atoms with van der Waals surface area (Å²) in [6.45, 7) is -2.04. The molecule has 0 unspecified atom stereocenters. The minimum atomic E-state index is -4.34. The summed E-state index contributed by atoms with van der Waals surface area (Å²) in [5.41, 5.74) is -0.880. The van der Waals surface area contributed by atoms with E-state index in [0.717, 1.165) is 57.1 Å². The molecule has 2 aliphatic rings. The molecule has 0 bridgehead atoms. The van der Waals surface area contributed by atoms with Gasteiger partial charge in [-0.3, -0.25) is 20.2 Å². The Bertz CT molecular complexity index is 1370. The van der Waals surface area contributed by atoms with E-state index in [4.69, 9.17) is 9.47 Å². The van der Waals surface area contributed by atoms with Crippen molar-refractivity contribution in [2.75, 3.05) is 39.4 Å². The monoisotopic (exact) mass is 571 g/mol. The first kappa shape index (κ1) is 27.5. The zero-order chi connectivity index (χ0) is 27.7. The smallest absolute Gasteiger partial charge is 0.269 e. The summed E-state index contributed by atoms with van der Waals surface area (Å²) < 4.78 is 66.9. The van der Waals surface area contributed by atoms with E-state index in [1.54, 1.807) is 0 Å². The van der Waals surface area contributed by atoms with Gasteiger partial charge in [-0.1, -0.05) is 5.16 Å². The van der Waals surface area contributed by atoms with Crippen molar-refractivity contribution in [1.29, 1.82) is 0 Å². The third-order valence-corrected chi connectivity index (χ3v) is 9.49. The van der Waals surface area contributed by atoms with Crippen molar-refractivity contribution in [3.05, 3.63) is 68.8 Å². The fourth-order valence-corrected chi connectivity index (χ4v) is 6.94. The average Bonchev–Trinajstić information content (AvgIpc) is 3.34. The first-order valence-electron chi connectivity index (χ1n) is 10.8. The van der Waals surface area contributed by atoms with Crippen molar-refractivity contribution in [3.63, 3.8) is 0 Å². The number of ether oxygens (including phenoxy) is 2. The van der Waals surface area contributed by atoms with Gasteiger partial charge in [-0.2, -0.15) is 8.61 Å². The number of sulfonamides is 2. The molecule has 0 atom stereocenters. The van der Waals surface area contributed by atoms with Gasteiger partial charge in [0.2, 0.25) is 20.0 Å². The highest BCUT2D eigenvalue weighted by molar-refractivity contribution is 7.89. The van der Waals surface area contributed by atoms with Gasteiger partial charge in [0.15, 0.2) is 5.79 Å². The molecule has 2 aromatic carbocycles. The second-order valence-electron chi connectivity index (χ2n) is 8.32. The quantitative estimate of drug-likeness (QED) is 0.290. The van der Waals surface area contributed by atoms with Gasteiger partial charge < -0.3 is 14.7 Å². The molecular formula is C20H21N5O11S2. The fraction of sp³-hybridized carbons (Fsp3) is 0.350. The number of non-ortho nitro benzene ring substituents is 2. The fourth-order valence-electron chi connectivity index (χ4n) is 4.02. The van der Waals surface area contributed by atoms with Crippen molar-refractivity contribution in [3.8, 4) is 0 Å². The van der Waals surface area contributed by atoms with Crippen LogP contribution in [0.2, 0.25) is 0 Å². The number of nitrogens with zero attached hydrogens (tertiary/aromatic N) is 5. The maximum absolute atomic E-state index is 13.4. The molecule has 2 aromatic rings. The van der Waals surface area contributed by atoms with E-state index in [1.165, 1.54) is 0 Å². The standard InChI is InChI=1S/C20H21N5O11S2/c26-21-15-11-22(37(31,32)18-5-1-16(2-6-18)24(27)28)13-20(35-9-10-36-20)14-23(12-15)38(33,34)19-7-3-17(4-8-19)25(29)30/h1-8,26H,9-14H2. The topological polar surface area (TPSA) is 212 Å². The van der Waals surface area contributed by atoms with Gasteiger partial charge in [0.05, 0.1) is 64.7 Å². The van der Waals surface area contributed by atoms with Crippen molar-refractivity contribution in [2.24, 2.45) is 5.16 Å². The Kier molecular flexibility index (Phi) is 7.46. The summed E-state index contributed by atoms with van der Waals surface area (Å²) in [6, 6.07) is 8.30. The molecule has 0 aliphatic carbocycles. The van der Waals surface area contributed by atoms with Crippen LogP contribution in [0.3, 0.4) is 0 Å². The first-order chi connectivity index (χ1) is 17.9. The number of hydrogen-bond donors (Lipinski definition) is 1. The van der Waals surface area contributed by atoms with Crippen LogP contribution in [0.25, 0.3) is 0 Å². The molecule has 0 aromatic heterocycles. The van der Waals surface area contributed by atoms with Crippen LogP contribution >= 0.6 is 0 Å². The summed E-state index contributed by atoms with van der Waals surface area (Å²) in [4.78, 5) is 20.0. The molecule has 204 valence electrons.